The highest BCUT2D eigenvalue weighted by Gasteiger charge is 2.25. The van der Waals surface area contributed by atoms with Gasteiger partial charge in [-0.1, -0.05) is 34.1 Å². The molecule has 35 heavy (non-hydrogen) atoms. The summed E-state index contributed by atoms with van der Waals surface area (Å²) in [5, 5.41) is 8.63. The number of hydrogen-bond acceptors (Lipinski definition) is 8. The van der Waals surface area contributed by atoms with Crippen LogP contribution in [0, 0.1) is 5.92 Å². The summed E-state index contributed by atoms with van der Waals surface area (Å²) in [6.45, 7) is 9.14. The van der Waals surface area contributed by atoms with Crippen LogP contribution in [0.15, 0.2) is 17.1 Å². The highest BCUT2D eigenvalue weighted by molar-refractivity contribution is 7.09. The number of amides is 3. The van der Waals surface area contributed by atoms with E-state index in [0.29, 0.717) is 31.8 Å². The minimum absolute atomic E-state index is 0.0124. The number of thiazole rings is 2. The number of carbonyl (C=O) groups excluding carboxylic acids is 3. The zero-order valence-corrected chi connectivity index (χ0v) is 22.8. The molecule has 11 heteroatoms. The third-order valence-corrected chi connectivity index (χ3v) is 7.25. The lowest BCUT2D eigenvalue weighted by Gasteiger charge is -2.25. The number of aromatic nitrogens is 2. The molecule has 1 unspecified atom stereocenters. The van der Waals surface area contributed by atoms with Crippen LogP contribution in [0.5, 0.6) is 0 Å². The Hall–Kier alpha value is -2.53. The van der Waals surface area contributed by atoms with Gasteiger partial charge in [-0.25, -0.2) is 14.6 Å². The maximum absolute atomic E-state index is 12.8. The standard InChI is InChI=1S/C24H37N5O4S2/c1-16(2)21(28-23(31)29(5)12-18-14-34-22(27-18)17(3)4)20(30)9-7-6-8-10-26-24(32)33-13-19-11-25-15-35-19/h11,14-17,21H,6-10,12-13H2,1-5H3,(H,26,32)(H,28,31). The van der Waals surface area contributed by atoms with Gasteiger partial charge >= 0.3 is 12.1 Å². The predicted octanol–water partition coefficient (Wildman–Crippen LogP) is 4.94. The van der Waals surface area contributed by atoms with Crippen molar-refractivity contribution in [1.82, 2.24) is 25.5 Å². The molecule has 9 nitrogen and oxygen atoms in total. The second-order valence-electron chi connectivity index (χ2n) is 9.11. The first-order valence-corrected chi connectivity index (χ1v) is 13.7. The van der Waals surface area contributed by atoms with Gasteiger partial charge in [-0.2, -0.15) is 0 Å². The molecule has 0 saturated heterocycles. The van der Waals surface area contributed by atoms with Crippen LogP contribution in [0.4, 0.5) is 9.59 Å². The van der Waals surface area contributed by atoms with Crippen molar-refractivity contribution in [3.63, 3.8) is 0 Å². The summed E-state index contributed by atoms with van der Waals surface area (Å²) in [6.07, 6.45) is 3.83. The van der Waals surface area contributed by atoms with Gasteiger partial charge in [0.25, 0.3) is 0 Å². The van der Waals surface area contributed by atoms with Crippen molar-refractivity contribution in [2.75, 3.05) is 13.6 Å². The van der Waals surface area contributed by atoms with Crippen molar-refractivity contribution >= 4 is 40.6 Å². The van der Waals surface area contributed by atoms with Gasteiger partial charge in [0, 0.05) is 37.5 Å². The number of nitrogens with one attached hydrogen (secondary N) is 2. The summed E-state index contributed by atoms with van der Waals surface area (Å²) >= 11 is 3.03. The molecule has 194 valence electrons. The van der Waals surface area contributed by atoms with Crippen molar-refractivity contribution in [2.45, 2.75) is 78.5 Å². The van der Waals surface area contributed by atoms with E-state index in [4.69, 9.17) is 4.74 Å². The molecule has 0 radical (unpaired) electrons. The molecule has 0 aromatic carbocycles. The number of ether oxygens (including phenoxy) is 1. The fraction of sp³-hybridized carbons (Fsp3) is 0.625. The van der Waals surface area contributed by atoms with E-state index in [1.807, 2.05) is 19.2 Å². The summed E-state index contributed by atoms with van der Waals surface area (Å²) in [5.74, 6) is 0.366. The number of unbranched alkanes of at least 4 members (excludes halogenated alkanes) is 2. The number of Topliss-reactive ketones (excluding diaryl/α,β-unsaturated/α-hetero) is 1. The van der Waals surface area contributed by atoms with Gasteiger partial charge in [-0.3, -0.25) is 9.78 Å². The van der Waals surface area contributed by atoms with Gasteiger partial charge in [-0.15, -0.1) is 22.7 Å². The van der Waals surface area contributed by atoms with Crippen LogP contribution in [0.3, 0.4) is 0 Å². The van der Waals surface area contributed by atoms with Gasteiger partial charge in [0.1, 0.15) is 6.61 Å². The number of alkyl carbamates (subject to hydrolysis) is 1. The molecule has 2 aromatic rings. The first-order valence-electron chi connectivity index (χ1n) is 11.9. The molecular weight excluding hydrogens is 486 g/mol. The smallest absolute Gasteiger partial charge is 0.407 e. The maximum Gasteiger partial charge on any atom is 0.407 e. The molecule has 2 rings (SSSR count). The minimum atomic E-state index is -0.536. The van der Waals surface area contributed by atoms with Gasteiger partial charge in [0.05, 0.1) is 33.7 Å². The highest BCUT2D eigenvalue weighted by atomic mass is 32.1. The Balaban J connectivity index is 1.66. The lowest BCUT2D eigenvalue weighted by Crippen LogP contribution is -2.48. The van der Waals surface area contributed by atoms with Crippen molar-refractivity contribution in [2.24, 2.45) is 5.92 Å². The Bertz CT molecular complexity index is 930. The van der Waals surface area contributed by atoms with E-state index >= 15 is 0 Å². The Morgan fingerprint density at radius 1 is 1.11 bits per heavy atom. The Morgan fingerprint density at radius 2 is 1.89 bits per heavy atom. The normalized spacial score (nSPS) is 12.0. The van der Waals surface area contributed by atoms with Crippen LogP contribution in [-0.4, -0.2) is 52.4 Å². The molecule has 1 atom stereocenters. The van der Waals surface area contributed by atoms with E-state index in [2.05, 4.69) is 34.4 Å². The van der Waals surface area contributed by atoms with Crippen molar-refractivity contribution in [1.29, 1.82) is 0 Å². The summed E-state index contributed by atoms with van der Waals surface area (Å²) in [5.41, 5.74) is 2.54. The zero-order chi connectivity index (χ0) is 25.8. The Morgan fingerprint density at radius 3 is 2.51 bits per heavy atom. The van der Waals surface area contributed by atoms with Crippen LogP contribution in [0.25, 0.3) is 0 Å². The summed E-state index contributed by atoms with van der Waals surface area (Å²) in [6, 6.07) is -0.816. The molecule has 0 aliphatic carbocycles. The SMILES string of the molecule is CC(C)c1nc(CN(C)C(=O)NC(C(=O)CCCCCNC(=O)OCc2cncs2)C(C)C)cs1. The van der Waals surface area contributed by atoms with E-state index in [0.717, 1.165) is 28.4 Å². The molecule has 2 heterocycles. The quantitative estimate of drug-likeness (QED) is 0.339. The van der Waals surface area contributed by atoms with Crippen molar-refractivity contribution < 1.29 is 19.1 Å². The lowest BCUT2D eigenvalue weighted by molar-refractivity contribution is -0.122. The molecule has 2 aromatic heterocycles. The van der Waals surface area contributed by atoms with Crippen LogP contribution >= 0.6 is 22.7 Å². The largest absolute Gasteiger partial charge is 0.444 e. The zero-order valence-electron chi connectivity index (χ0n) is 21.2. The van der Waals surface area contributed by atoms with Crippen LogP contribution in [-0.2, 0) is 22.7 Å². The second kappa shape index (κ2) is 14.8. The van der Waals surface area contributed by atoms with Gasteiger partial charge < -0.3 is 20.3 Å². The maximum atomic E-state index is 12.8. The average molecular weight is 524 g/mol. The molecule has 0 aliphatic heterocycles. The molecule has 3 amide bonds. The molecule has 0 aliphatic rings. The van der Waals surface area contributed by atoms with E-state index < -0.39 is 12.1 Å². The summed E-state index contributed by atoms with van der Waals surface area (Å²) in [4.78, 5) is 48.1. The van der Waals surface area contributed by atoms with Crippen molar-refractivity contribution in [3.8, 4) is 0 Å². The number of nitrogens with zero attached hydrogens (tertiary/aromatic N) is 3. The molecule has 0 saturated carbocycles. The van der Waals surface area contributed by atoms with Crippen LogP contribution in [0.2, 0.25) is 0 Å². The number of rotatable bonds is 14. The molecule has 0 spiro atoms. The Kier molecular flexibility index (Phi) is 12.1. The Labute approximate surface area is 215 Å². The first kappa shape index (κ1) is 28.7. The number of hydrogen-bond donors (Lipinski definition) is 2. The third-order valence-electron chi connectivity index (χ3n) is 5.30. The lowest BCUT2D eigenvalue weighted by atomic mass is 9.96. The van der Waals surface area contributed by atoms with Gasteiger partial charge in [0.15, 0.2) is 5.78 Å². The van der Waals surface area contributed by atoms with Crippen LogP contribution < -0.4 is 10.6 Å². The van der Waals surface area contributed by atoms with Gasteiger partial charge in [-0.05, 0) is 18.8 Å². The number of carbonyl (C=O) groups is 3. The monoisotopic (exact) mass is 523 g/mol. The predicted molar refractivity (Wildman–Crippen MR) is 139 cm³/mol. The topological polar surface area (TPSA) is 114 Å². The molecular formula is C24H37N5O4S2. The summed E-state index contributed by atoms with van der Waals surface area (Å²) < 4.78 is 5.11. The van der Waals surface area contributed by atoms with Gasteiger partial charge in [0.2, 0.25) is 0 Å². The van der Waals surface area contributed by atoms with Crippen LogP contribution in [0.1, 0.15) is 74.9 Å². The minimum Gasteiger partial charge on any atom is -0.444 e. The number of ketones is 1. The fourth-order valence-electron chi connectivity index (χ4n) is 3.29. The van der Waals surface area contributed by atoms with E-state index in [9.17, 15) is 14.4 Å². The van der Waals surface area contributed by atoms with Crippen molar-refractivity contribution in [3.05, 3.63) is 32.7 Å². The molecule has 0 fully saturated rings. The molecule has 2 N–H and O–H groups in total. The average Bonchev–Trinajstić information content (AvgIpc) is 3.50. The summed E-state index contributed by atoms with van der Waals surface area (Å²) in [7, 11) is 1.71. The fourth-order valence-corrected chi connectivity index (χ4v) is 4.62. The highest BCUT2D eigenvalue weighted by Crippen LogP contribution is 2.20. The molecule has 0 bridgehead atoms. The van der Waals surface area contributed by atoms with E-state index in [1.165, 1.54) is 11.3 Å². The third kappa shape index (κ3) is 10.3. The van der Waals surface area contributed by atoms with E-state index in [-0.39, 0.29) is 24.3 Å². The number of urea groups is 1. The first-order chi connectivity index (χ1) is 16.7. The van der Waals surface area contributed by atoms with E-state index in [1.54, 1.807) is 35.0 Å². The second-order valence-corrected chi connectivity index (χ2v) is 11.0.